The zero-order valence-electron chi connectivity index (χ0n) is 11.2. The monoisotopic (exact) mass is 280 g/mol. The van der Waals surface area contributed by atoms with E-state index in [1.165, 1.54) is 19.1 Å². The Kier molecular flexibility index (Phi) is 5.45. The molecule has 108 valence electrons. The number of urea groups is 1. The number of carboxylic acids is 1. The fraction of sp³-hybridized carbons (Fsp3) is 0.333. The molecule has 0 aliphatic heterocycles. The molecule has 1 aromatic heterocycles. The fourth-order valence-corrected chi connectivity index (χ4v) is 1.35. The van der Waals surface area contributed by atoms with Gasteiger partial charge in [-0.15, -0.1) is 0 Å². The Labute approximate surface area is 114 Å². The number of carbonyl (C=O) groups is 2. The molecule has 8 nitrogen and oxygen atoms in total. The van der Waals surface area contributed by atoms with Crippen molar-refractivity contribution in [2.75, 3.05) is 11.9 Å². The molecule has 2 amide bonds. The van der Waals surface area contributed by atoms with Gasteiger partial charge in [-0.1, -0.05) is 6.08 Å². The van der Waals surface area contributed by atoms with E-state index in [1.807, 2.05) is 0 Å². The van der Waals surface area contributed by atoms with Gasteiger partial charge in [0.15, 0.2) is 0 Å². The summed E-state index contributed by atoms with van der Waals surface area (Å²) in [5.41, 5.74) is 0.355. The molecule has 1 heterocycles. The van der Waals surface area contributed by atoms with Gasteiger partial charge in [0.05, 0.1) is 0 Å². The van der Waals surface area contributed by atoms with Crippen LogP contribution in [-0.4, -0.2) is 33.6 Å². The van der Waals surface area contributed by atoms with E-state index >= 15 is 0 Å². The second-order valence-corrected chi connectivity index (χ2v) is 4.10. The fourth-order valence-electron chi connectivity index (χ4n) is 1.35. The van der Waals surface area contributed by atoms with Crippen molar-refractivity contribution >= 4 is 17.9 Å². The number of aliphatic carboxylic acids is 1. The van der Waals surface area contributed by atoms with Gasteiger partial charge < -0.3 is 10.4 Å². The van der Waals surface area contributed by atoms with Crippen LogP contribution in [0.1, 0.15) is 19.0 Å². The van der Waals surface area contributed by atoms with Crippen LogP contribution in [0.3, 0.4) is 0 Å². The number of aryl methyl sites for hydroxylation is 1. The summed E-state index contributed by atoms with van der Waals surface area (Å²) < 4.78 is 0. The lowest BCUT2D eigenvalue weighted by Gasteiger charge is -2.06. The van der Waals surface area contributed by atoms with Gasteiger partial charge in [-0.3, -0.25) is 15.1 Å². The normalized spacial score (nSPS) is 11.0. The van der Waals surface area contributed by atoms with Crippen LogP contribution in [0, 0.1) is 6.92 Å². The molecule has 1 rings (SSSR count). The standard InChI is InChI=1S/C12H16N4O4/c1-7(10(18)19)4-3-5-13-12(20)16-11-14-8(2)6-9(17)15-11/h4,6H,3,5H2,1-2H3,(H,18,19)(H3,13,14,15,16,17,20). The molecule has 8 heteroatoms. The summed E-state index contributed by atoms with van der Waals surface area (Å²) in [7, 11) is 0. The number of hydrogen-bond donors (Lipinski definition) is 4. The minimum absolute atomic E-state index is 0.0600. The molecule has 20 heavy (non-hydrogen) atoms. The third kappa shape index (κ3) is 5.34. The first kappa shape index (κ1) is 15.4. The first-order valence-electron chi connectivity index (χ1n) is 5.91. The Bertz CT molecular complexity index is 591. The lowest BCUT2D eigenvalue weighted by molar-refractivity contribution is -0.132. The molecule has 0 unspecified atom stereocenters. The van der Waals surface area contributed by atoms with Crippen molar-refractivity contribution in [3.05, 3.63) is 33.8 Å². The van der Waals surface area contributed by atoms with E-state index in [9.17, 15) is 14.4 Å². The summed E-state index contributed by atoms with van der Waals surface area (Å²) in [6.45, 7) is 3.38. The molecule has 4 N–H and O–H groups in total. The summed E-state index contributed by atoms with van der Waals surface area (Å²) in [4.78, 5) is 39.5. The topological polar surface area (TPSA) is 124 Å². The predicted molar refractivity (Wildman–Crippen MR) is 72.6 cm³/mol. The van der Waals surface area contributed by atoms with E-state index in [0.717, 1.165) is 0 Å². The molecule has 0 atom stereocenters. The lowest BCUT2D eigenvalue weighted by Crippen LogP contribution is -2.31. The van der Waals surface area contributed by atoms with Gasteiger partial charge in [0, 0.05) is 23.9 Å². The smallest absolute Gasteiger partial charge is 0.330 e. The highest BCUT2D eigenvalue weighted by Gasteiger charge is 2.04. The van der Waals surface area contributed by atoms with Crippen molar-refractivity contribution in [2.45, 2.75) is 20.3 Å². The average molecular weight is 280 g/mol. The van der Waals surface area contributed by atoms with Gasteiger partial charge in [0.2, 0.25) is 5.95 Å². The zero-order chi connectivity index (χ0) is 15.1. The molecular formula is C12H16N4O4. The summed E-state index contributed by atoms with van der Waals surface area (Å²) >= 11 is 0. The minimum Gasteiger partial charge on any atom is -0.478 e. The van der Waals surface area contributed by atoms with Crippen LogP contribution in [0.25, 0.3) is 0 Å². The quantitative estimate of drug-likeness (QED) is 0.465. The molecule has 0 aliphatic carbocycles. The first-order chi connectivity index (χ1) is 9.38. The number of anilines is 1. The second kappa shape index (κ2) is 7.07. The van der Waals surface area contributed by atoms with Crippen molar-refractivity contribution < 1.29 is 14.7 Å². The van der Waals surface area contributed by atoms with Crippen molar-refractivity contribution in [3.8, 4) is 0 Å². The number of carbonyl (C=O) groups excluding carboxylic acids is 1. The molecule has 0 aliphatic rings. The van der Waals surface area contributed by atoms with Crippen molar-refractivity contribution in [1.82, 2.24) is 15.3 Å². The number of nitrogens with zero attached hydrogens (tertiary/aromatic N) is 1. The number of rotatable bonds is 5. The van der Waals surface area contributed by atoms with Crippen LogP contribution in [0.5, 0.6) is 0 Å². The average Bonchev–Trinajstić information content (AvgIpc) is 2.32. The number of aromatic nitrogens is 2. The summed E-state index contributed by atoms with van der Waals surface area (Å²) in [5.74, 6) is -0.930. The highest BCUT2D eigenvalue weighted by molar-refractivity contribution is 5.87. The highest BCUT2D eigenvalue weighted by Crippen LogP contribution is 1.96. The van der Waals surface area contributed by atoms with Gasteiger partial charge in [-0.05, 0) is 20.3 Å². The predicted octanol–water partition coefficient (Wildman–Crippen LogP) is 0.621. The van der Waals surface area contributed by atoms with Crippen LogP contribution in [-0.2, 0) is 4.79 Å². The van der Waals surface area contributed by atoms with Crippen LogP contribution in [0.2, 0.25) is 0 Å². The Morgan fingerprint density at radius 3 is 2.80 bits per heavy atom. The molecule has 0 bridgehead atoms. The number of H-pyrrole nitrogens is 1. The lowest BCUT2D eigenvalue weighted by atomic mass is 10.2. The molecule has 0 aromatic carbocycles. The summed E-state index contributed by atoms with van der Waals surface area (Å²) in [6.07, 6.45) is 1.90. The zero-order valence-corrected chi connectivity index (χ0v) is 11.2. The number of hydrogen-bond acceptors (Lipinski definition) is 4. The van der Waals surface area contributed by atoms with E-state index in [2.05, 4.69) is 20.6 Å². The Hall–Kier alpha value is -2.64. The Morgan fingerprint density at radius 2 is 2.20 bits per heavy atom. The molecule has 0 fully saturated rings. The van der Waals surface area contributed by atoms with Gasteiger partial charge in [-0.25, -0.2) is 14.6 Å². The SMILES string of the molecule is CC(=CCCNC(=O)Nc1nc(C)cc(=O)[nH]1)C(=O)O. The Balaban J connectivity index is 2.43. The summed E-state index contributed by atoms with van der Waals surface area (Å²) in [5, 5.41) is 13.5. The van der Waals surface area contributed by atoms with Crippen molar-refractivity contribution in [2.24, 2.45) is 0 Å². The molecule has 0 radical (unpaired) electrons. The van der Waals surface area contributed by atoms with Crippen molar-refractivity contribution in [1.29, 1.82) is 0 Å². The van der Waals surface area contributed by atoms with Crippen LogP contribution >= 0.6 is 0 Å². The highest BCUT2D eigenvalue weighted by atomic mass is 16.4. The molecular weight excluding hydrogens is 264 g/mol. The molecule has 0 saturated carbocycles. The van der Waals surface area contributed by atoms with Gasteiger partial charge in [0.25, 0.3) is 5.56 Å². The maximum atomic E-state index is 11.5. The number of carboxylic acid groups (broad SMARTS) is 1. The first-order valence-corrected chi connectivity index (χ1v) is 5.91. The molecule has 0 saturated heterocycles. The van der Waals surface area contributed by atoms with Crippen LogP contribution < -0.4 is 16.2 Å². The van der Waals surface area contributed by atoms with E-state index < -0.39 is 12.0 Å². The summed E-state index contributed by atoms with van der Waals surface area (Å²) in [6, 6.07) is 0.780. The van der Waals surface area contributed by atoms with Gasteiger partial charge in [-0.2, -0.15) is 0 Å². The third-order valence-corrected chi connectivity index (χ3v) is 2.32. The van der Waals surface area contributed by atoms with Gasteiger partial charge in [0.1, 0.15) is 0 Å². The van der Waals surface area contributed by atoms with E-state index in [0.29, 0.717) is 12.1 Å². The van der Waals surface area contributed by atoms with Gasteiger partial charge >= 0.3 is 12.0 Å². The number of nitrogens with one attached hydrogen (secondary N) is 3. The molecule has 1 aromatic rings. The number of aromatic amines is 1. The third-order valence-electron chi connectivity index (χ3n) is 2.32. The molecule has 0 spiro atoms. The maximum absolute atomic E-state index is 11.5. The van der Waals surface area contributed by atoms with Crippen LogP contribution in [0.15, 0.2) is 22.5 Å². The van der Waals surface area contributed by atoms with Crippen LogP contribution in [0.4, 0.5) is 10.7 Å². The largest absolute Gasteiger partial charge is 0.478 e. The second-order valence-electron chi connectivity index (χ2n) is 4.10. The van der Waals surface area contributed by atoms with E-state index in [1.54, 1.807) is 6.92 Å². The minimum atomic E-state index is -0.990. The number of amides is 2. The van der Waals surface area contributed by atoms with E-state index in [4.69, 9.17) is 5.11 Å². The van der Waals surface area contributed by atoms with E-state index in [-0.39, 0.29) is 23.6 Å². The maximum Gasteiger partial charge on any atom is 0.330 e. The van der Waals surface area contributed by atoms with Crippen molar-refractivity contribution in [3.63, 3.8) is 0 Å². The Morgan fingerprint density at radius 1 is 1.50 bits per heavy atom.